The molecule has 0 unspecified atom stereocenters. The molecule has 0 radical (unpaired) electrons. The van der Waals surface area contributed by atoms with Crippen molar-refractivity contribution in [3.63, 3.8) is 0 Å². The van der Waals surface area contributed by atoms with Gasteiger partial charge in [0.2, 0.25) is 0 Å². The molecular formula is C10H15NO4S. The second kappa shape index (κ2) is 6.57. The maximum atomic E-state index is 10.9. The number of aromatic carboxylic acids is 1. The molecule has 0 fully saturated rings. The number of nitrogens with zero attached hydrogens (tertiary/aromatic N) is 1. The minimum Gasteiger partial charge on any atom is -0.477 e. The Kier molecular flexibility index (Phi) is 5.37. The number of thiazole rings is 1. The lowest BCUT2D eigenvalue weighted by Crippen LogP contribution is -2.00. The Morgan fingerprint density at radius 1 is 1.50 bits per heavy atom. The Morgan fingerprint density at radius 2 is 2.25 bits per heavy atom. The number of methoxy groups -OCH3 is 1. The third-order valence-corrected chi connectivity index (χ3v) is 2.85. The van der Waals surface area contributed by atoms with E-state index >= 15 is 0 Å². The van der Waals surface area contributed by atoms with Crippen LogP contribution in [0.2, 0.25) is 0 Å². The molecule has 1 aromatic heterocycles. The lowest BCUT2D eigenvalue weighted by Gasteiger charge is -1.97. The van der Waals surface area contributed by atoms with Gasteiger partial charge < -0.3 is 14.6 Å². The fourth-order valence-electron chi connectivity index (χ4n) is 1.17. The number of hydrogen-bond acceptors (Lipinski definition) is 5. The second-order valence-electron chi connectivity index (χ2n) is 3.17. The van der Waals surface area contributed by atoms with Crippen molar-refractivity contribution in [2.45, 2.75) is 26.6 Å². The molecule has 0 aliphatic heterocycles. The van der Waals surface area contributed by atoms with Gasteiger partial charge in [-0.3, -0.25) is 0 Å². The average molecular weight is 245 g/mol. The number of ether oxygens (including phenoxy) is 2. The van der Waals surface area contributed by atoms with Gasteiger partial charge in [0.05, 0.1) is 18.9 Å². The maximum Gasteiger partial charge on any atom is 0.347 e. The largest absolute Gasteiger partial charge is 0.477 e. The van der Waals surface area contributed by atoms with Crippen LogP contribution in [0, 0.1) is 0 Å². The standard InChI is InChI=1S/C10H15NO4S/c1-3-4-15-6-8-11-7(5-14-2)9(16-8)10(12)13/h3-6H2,1-2H3,(H,12,13). The van der Waals surface area contributed by atoms with E-state index in [1.165, 1.54) is 7.11 Å². The van der Waals surface area contributed by atoms with Gasteiger partial charge in [-0.05, 0) is 6.42 Å². The molecule has 1 rings (SSSR count). The molecule has 0 bridgehead atoms. The molecule has 0 saturated carbocycles. The van der Waals surface area contributed by atoms with E-state index in [1.54, 1.807) is 0 Å². The van der Waals surface area contributed by atoms with E-state index in [4.69, 9.17) is 14.6 Å². The highest BCUT2D eigenvalue weighted by Gasteiger charge is 2.16. The highest BCUT2D eigenvalue weighted by atomic mass is 32.1. The summed E-state index contributed by atoms with van der Waals surface area (Å²) in [5.41, 5.74) is 0.468. The van der Waals surface area contributed by atoms with Crippen LogP contribution in [-0.2, 0) is 22.7 Å². The van der Waals surface area contributed by atoms with Crippen molar-refractivity contribution in [1.82, 2.24) is 4.98 Å². The number of aromatic nitrogens is 1. The molecular weight excluding hydrogens is 230 g/mol. The third-order valence-electron chi connectivity index (χ3n) is 1.79. The van der Waals surface area contributed by atoms with Crippen LogP contribution in [0.25, 0.3) is 0 Å². The van der Waals surface area contributed by atoms with Gasteiger partial charge >= 0.3 is 5.97 Å². The first-order chi connectivity index (χ1) is 7.69. The molecule has 1 aromatic rings. The molecule has 0 aliphatic carbocycles. The quantitative estimate of drug-likeness (QED) is 0.743. The van der Waals surface area contributed by atoms with Crippen LogP contribution in [0.3, 0.4) is 0 Å². The van der Waals surface area contributed by atoms with E-state index < -0.39 is 5.97 Å². The van der Waals surface area contributed by atoms with Crippen molar-refractivity contribution in [2.24, 2.45) is 0 Å². The van der Waals surface area contributed by atoms with Gasteiger partial charge in [-0.2, -0.15) is 0 Å². The highest BCUT2D eigenvalue weighted by Crippen LogP contribution is 2.20. The van der Waals surface area contributed by atoms with Crippen LogP contribution in [0.5, 0.6) is 0 Å². The molecule has 1 N–H and O–H groups in total. The van der Waals surface area contributed by atoms with Gasteiger partial charge in [-0.15, -0.1) is 11.3 Å². The second-order valence-corrected chi connectivity index (χ2v) is 4.26. The summed E-state index contributed by atoms with van der Waals surface area (Å²) in [5.74, 6) is -0.966. The summed E-state index contributed by atoms with van der Waals surface area (Å²) in [5, 5.41) is 9.63. The lowest BCUT2D eigenvalue weighted by molar-refractivity contribution is 0.0697. The van der Waals surface area contributed by atoms with Crippen molar-refractivity contribution in [3.8, 4) is 0 Å². The summed E-state index contributed by atoms with van der Waals surface area (Å²) in [6.45, 7) is 3.25. The molecule has 1 heterocycles. The van der Waals surface area contributed by atoms with Gasteiger partial charge in [0.15, 0.2) is 0 Å². The topological polar surface area (TPSA) is 68.7 Å². The summed E-state index contributed by atoms with van der Waals surface area (Å²) >= 11 is 1.14. The summed E-state index contributed by atoms with van der Waals surface area (Å²) in [6.07, 6.45) is 0.933. The number of carboxylic acids is 1. The predicted molar refractivity (Wildman–Crippen MR) is 59.7 cm³/mol. The van der Waals surface area contributed by atoms with E-state index in [0.717, 1.165) is 17.8 Å². The van der Waals surface area contributed by atoms with Crippen molar-refractivity contribution in [3.05, 3.63) is 15.6 Å². The number of carbonyl (C=O) groups is 1. The molecule has 16 heavy (non-hydrogen) atoms. The lowest BCUT2D eigenvalue weighted by atomic mass is 10.4. The van der Waals surface area contributed by atoms with Crippen molar-refractivity contribution in [1.29, 1.82) is 0 Å². The first kappa shape index (κ1) is 13.1. The molecule has 0 spiro atoms. The molecule has 0 atom stereocenters. The average Bonchev–Trinajstić information content (AvgIpc) is 2.62. The zero-order valence-corrected chi connectivity index (χ0v) is 10.2. The van der Waals surface area contributed by atoms with Gasteiger partial charge in [-0.25, -0.2) is 9.78 Å². The summed E-state index contributed by atoms with van der Waals surface area (Å²) in [4.78, 5) is 15.3. The van der Waals surface area contributed by atoms with E-state index in [0.29, 0.717) is 23.9 Å². The van der Waals surface area contributed by atoms with Crippen molar-refractivity contribution in [2.75, 3.05) is 13.7 Å². The number of hydrogen-bond donors (Lipinski definition) is 1. The van der Waals surface area contributed by atoms with Crippen molar-refractivity contribution >= 4 is 17.3 Å². The molecule has 6 heteroatoms. The number of rotatable bonds is 7. The molecule has 0 aromatic carbocycles. The zero-order chi connectivity index (χ0) is 12.0. The minimum atomic E-state index is -0.966. The third kappa shape index (κ3) is 3.55. The molecule has 0 aliphatic rings. The fraction of sp³-hybridized carbons (Fsp3) is 0.600. The minimum absolute atomic E-state index is 0.214. The van der Waals surface area contributed by atoms with Crippen LogP contribution in [0.15, 0.2) is 0 Å². The summed E-state index contributed by atoms with van der Waals surface area (Å²) < 4.78 is 10.2. The van der Waals surface area contributed by atoms with Crippen LogP contribution in [0.4, 0.5) is 0 Å². The smallest absolute Gasteiger partial charge is 0.347 e. The molecule has 0 amide bonds. The highest BCUT2D eigenvalue weighted by molar-refractivity contribution is 7.13. The fourth-order valence-corrected chi connectivity index (χ4v) is 2.01. The van der Waals surface area contributed by atoms with Crippen LogP contribution >= 0.6 is 11.3 Å². The van der Waals surface area contributed by atoms with Gasteiger partial charge in [-0.1, -0.05) is 6.92 Å². The Labute approximate surface area is 98.0 Å². The van der Waals surface area contributed by atoms with Gasteiger partial charge in [0.25, 0.3) is 0 Å². The number of carboxylic acid groups (broad SMARTS) is 1. The molecule has 0 saturated heterocycles. The Hall–Kier alpha value is -0.980. The predicted octanol–water partition coefficient (Wildman–Crippen LogP) is 1.91. The summed E-state index contributed by atoms with van der Waals surface area (Å²) in [6, 6.07) is 0. The Bertz CT molecular complexity index is 351. The first-order valence-corrected chi connectivity index (χ1v) is 5.79. The zero-order valence-electron chi connectivity index (χ0n) is 9.36. The Balaban J connectivity index is 2.72. The van der Waals surface area contributed by atoms with Gasteiger partial charge in [0, 0.05) is 13.7 Å². The van der Waals surface area contributed by atoms with Gasteiger partial charge in [0.1, 0.15) is 9.88 Å². The van der Waals surface area contributed by atoms with E-state index in [2.05, 4.69) is 4.98 Å². The van der Waals surface area contributed by atoms with E-state index in [-0.39, 0.29) is 11.5 Å². The van der Waals surface area contributed by atoms with E-state index in [9.17, 15) is 4.79 Å². The van der Waals surface area contributed by atoms with Crippen LogP contribution < -0.4 is 0 Å². The molecule has 5 nitrogen and oxygen atoms in total. The van der Waals surface area contributed by atoms with Crippen LogP contribution in [-0.4, -0.2) is 29.8 Å². The maximum absolute atomic E-state index is 10.9. The normalized spacial score (nSPS) is 10.6. The van der Waals surface area contributed by atoms with E-state index in [1.807, 2.05) is 6.92 Å². The monoisotopic (exact) mass is 245 g/mol. The first-order valence-electron chi connectivity index (χ1n) is 4.97. The molecule has 90 valence electrons. The van der Waals surface area contributed by atoms with Crippen molar-refractivity contribution < 1.29 is 19.4 Å². The van der Waals surface area contributed by atoms with Crippen LogP contribution in [0.1, 0.15) is 33.7 Å². The SMILES string of the molecule is CCCOCc1nc(COC)c(C(=O)O)s1. The summed E-state index contributed by atoms with van der Waals surface area (Å²) in [7, 11) is 1.51. The Morgan fingerprint density at radius 3 is 2.81 bits per heavy atom.